The summed E-state index contributed by atoms with van der Waals surface area (Å²) in [7, 11) is -2.12. The van der Waals surface area contributed by atoms with Gasteiger partial charge in [-0.05, 0) is 37.5 Å². The molecule has 112 valence electrons. The first kappa shape index (κ1) is 15.8. The Labute approximate surface area is 127 Å². The van der Waals surface area contributed by atoms with Gasteiger partial charge in [-0.2, -0.15) is 0 Å². The molecule has 5 nitrogen and oxygen atoms in total. The number of methoxy groups -OCH3 is 1. The Kier molecular flexibility index (Phi) is 5.42. The molecule has 1 N–H and O–H groups in total. The van der Waals surface area contributed by atoms with Gasteiger partial charge < -0.3 is 9.47 Å². The monoisotopic (exact) mass is 363 g/mol. The van der Waals surface area contributed by atoms with Gasteiger partial charge in [0.25, 0.3) is 0 Å². The van der Waals surface area contributed by atoms with Crippen molar-refractivity contribution in [3.8, 4) is 5.75 Å². The molecule has 0 amide bonds. The third-order valence-electron chi connectivity index (χ3n) is 3.20. The highest BCUT2D eigenvalue weighted by Gasteiger charge is 2.21. The van der Waals surface area contributed by atoms with Gasteiger partial charge in [-0.25, -0.2) is 13.1 Å². The molecule has 20 heavy (non-hydrogen) atoms. The molecule has 1 aromatic carbocycles. The summed E-state index contributed by atoms with van der Waals surface area (Å²) in [5.74, 6) is 0.331. The summed E-state index contributed by atoms with van der Waals surface area (Å²) in [6.45, 7) is 1.14. The molecule has 0 aliphatic carbocycles. The third-order valence-corrected chi connectivity index (χ3v) is 5.17. The topological polar surface area (TPSA) is 64.6 Å². The maximum absolute atomic E-state index is 12.3. The van der Waals surface area contributed by atoms with Crippen LogP contribution in [0.15, 0.2) is 27.6 Å². The largest absolute Gasteiger partial charge is 0.495 e. The lowest BCUT2D eigenvalue weighted by atomic mass is 10.2. The minimum Gasteiger partial charge on any atom is -0.495 e. The number of nitrogens with one attached hydrogen (secondary N) is 1. The van der Waals surface area contributed by atoms with E-state index < -0.39 is 10.0 Å². The fourth-order valence-corrected chi connectivity index (χ4v) is 3.92. The molecular weight excluding hydrogens is 346 g/mol. The van der Waals surface area contributed by atoms with Crippen LogP contribution in [0.1, 0.15) is 19.3 Å². The van der Waals surface area contributed by atoms with Gasteiger partial charge >= 0.3 is 0 Å². The molecule has 1 fully saturated rings. The Bertz CT molecular complexity index is 555. The van der Waals surface area contributed by atoms with E-state index in [4.69, 9.17) is 9.47 Å². The van der Waals surface area contributed by atoms with Crippen molar-refractivity contribution in [2.24, 2.45) is 0 Å². The highest BCUT2D eigenvalue weighted by atomic mass is 79.9. The predicted molar refractivity (Wildman–Crippen MR) is 79.5 cm³/mol. The maximum atomic E-state index is 12.3. The molecule has 1 atom stereocenters. The number of benzene rings is 1. The Morgan fingerprint density at radius 1 is 1.50 bits per heavy atom. The molecule has 1 heterocycles. The highest BCUT2D eigenvalue weighted by Crippen LogP contribution is 2.27. The van der Waals surface area contributed by atoms with E-state index >= 15 is 0 Å². The number of sulfonamides is 1. The molecule has 1 saturated heterocycles. The summed E-state index contributed by atoms with van der Waals surface area (Å²) in [4.78, 5) is 0.140. The van der Waals surface area contributed by atoms with Crippen LogP contribution >= 0.6 is 15.9 Å². The van der Waals surface area contributed by atoms with Crippen LogP contribution < -0.4 is 9.46 Å². The van der Waals surface area contributed by atoms with E-state index in [1.165, 1.54) is 13.2 Å². The lowest BCUT2D eigenvalue weighted by Gasteiger charge is -2.13. The van der Waals surface area contributed by atoms with Gasteiger partial charge in [-0.1, -0.05) is 15.9 Å². The standard InChI is InChI=1S/C13H18BrNO4S/c1-18-12-5-4-10(14)9-13(12)20(16,17)15-7-6-11-3-2-8-19-11/h4-5,9,11,15H,2-3,6-8H2,1H3. The Morgan fingerprint density at radius 3 is 2.95 bits per heavy atom. The van der Waals surface area contributed by atoms with Crippen molar-refractivity contribution < 1.29 is 17.9 Å². The van der Waals surface area contributed by atoms with E-state index in [0.717, 1.165) is 19.4 Å². The molecule has 1 aliphatic rings. The zero-order chi connectivity index (χ0) is 14.6. The number of rotatable bonds is 6. The van der Waals surface area contributed by atoms with Crippen molar-refractivity contribution in [3.63, 3.8) is 0 Å². The van der Waals surface area contributed by atoms with Crippen molar-refractivity contribution in [3.05, 3.63) is 22.7 Å². The van der Waals surface area contributed by atoms with Crippen LogP contribution in [0.3, 0.4) is 0 Å². The predicted octanol–water partition coefficient (Wildman–Crippen LogP) is 2.31. The summed E-state index contributed by atoms with van der Waals surface area (Å²) in [6.07, 6.45) is 2.91. The first-order valence-electron chi connectivity index (χ1n) is 6.48. The second kappa shape index (κ2) is 6.89. The van der Waals surface area contributed by atoms with Crippen LogP contribution in [-0.4, -0.2) is 34.8 Å². The SMILES string of the molecule is COc1ccc(Br)cc1S(=O)(=O)NCCC1CCCO1. The van der Waals surface area contributed by atoms with Gasteiger partial charge in [0.2, 0.25) is 10.0 Å². The van der Waals surface area contributed by atoms with Crippen molar-refractivity contribution >= 4 is 26.0 Å². The van der Waals surface area contributed by atoms with Crippen molar-refractivity contribution in [2.45, 2.75) is 30.3 Å². The van der Waals surface area contributed by atoms with E-state index in [2.05, 4.69) is 20.7 Å². The first-order chi connectivity index (χ1) is 9.53. The summed E-state index contributed by atoms with van der Waals surface area (Å²) in [5.41, 5.74) is 0. The van der Waals surface area contributed by atoms with E-state index in [9.17, 15) is 8.42 Å². The van der Waals surface area contributed by atoms with Crippen LogP contribution in [0.2, 0.25) is 0 Å². The van der Waals surface area contributed by atoms with Crippen molar-refractivity contribution in [1.82, 2.24) is 4.72 Å². The Balaban J connectivity index is 2.03. The molecule has 0 aromatic heterocycles. The molecule has 0 radical (unpaired) electrons. The zero-order valence-corrected chi connectivity index (χ0v) is 13.7. The number of halogens is 1. The van der Waals surface area contributed by atoms with E-state index in [1.807, 2.05) is 0 Å². The van der Waals surface area contributed by atoms with E-state index in [1.54, 1.807) is 12.1 Å². The maximum Gasteiger partial charge on any atom is 0.244 e. The van der Waals surface area contributed by atoms with Gasteiger partial charge in [-0.15, -0.1) is 0 Å². The smallest absolute Gasteiger partial charge is 0.244 e. The molecule has 2 rings (SSSR count). The molecule has 0 bridgehead atoms. The Hall–Kier alpha value is -0.630. The summed E-state index contributed by atoms with van der Waals surface area (Å²) in [6, 6.07) is 4.90. The van der Waals surface area contributed by atoms with Gasteiger partial charge in [-0.3, -0.25) is 0 Å². The molecule has 1 aromatic rings. The third kappa shape index (κ3) is 3.94. The van der Waals surface area contributed by atoms with E-state index in [0.29, 0.717) is 23.2 Å². The van der Waals surface area contributed by atoms with Gasteiger partial charge in [0.1, 0.15) is 10.6 Å². The molecule has 1 aliphatic heterocycles. The second-order valence-corrected chi connectivity index (χ2v) is 7.27. The fraction of sp³-hybridized carbons (Fsp3) is 0.538. The highest BCUT2D eigenvalue weighted by molar-refractivity contribution is 9.10. The summed E-state index contributed by atoms with van der Waals surface area (Å²) < 4.78 is 38.4. The second-order valence-electron chi connectivity index (χ2n) is 4.62. The molecule has 0 spiro atoms. The van der Waals surface area contributed by atoms with Crippen LogP contribution in [0, 0.1) is 0 Å². The molecule has 0 saturated carbocycles. The van der Waals surface area contributed by atoms with Crippen molar-refractivity contribution in [1.29, 1.82) is 0 Å². The van der Waals surface area contributed by atoms with Crippen LogP contribution in [0.25, 0.3) is 0 Å². The van der Waals surface area contributed by atoms with Crippen molar-refractivity contribution in [2.75, 3.05) is 20.3 Å². The average molecular weight is 364 g/mol. The minimum atomic E-state index is -3.58. The summed E-state index contributed by atoms with van der Waals surface area (Å²) in [5, 5.41) is 0. The van der Waals surface area contributed by atoms with Crippen LogP contribution in [-0.2, 0) is 14.8 Å². The lowest BCUT2D eigenvalue weighted by molar-refractivity contribution is 0.105. The zero-order valence-electron chi connectivity index (χ0n) is 11.3. The van der Waals surface area contributed by atoms with Gasteiger partial charge in [0.05, 0.1) is 13.2 Å². The first-order valence-corrected chi connectivity index (χ1v) is 8.75. The van der Waals surface area contributed by atoms with Gasteiger partial charge in [0, 0.05) is 17.6 Å². The molecule has 7 heteroatoms. The number of hydrogen-bond acceptors (Lipinski definition) is 4. The summed E-state index contributed by atoms with van der Waals surface area (Å²) >= 11 is 3.27. The lowest BCUT2D eigenvalue weighted by Crippen LogP contribution is -2.27. The van der Waals surface area contributed by atoms with E-state index in [-0.39, 0.29) is 11.0 Å². The minimum absolute atomic E-state index is 0.140. The van der Waals surface area contributed by atoms with Gasteiger partial charge in [0.15, 0.2) is 0 Å². The normalized spacial score (nSPS) is 19.2. The average Bonchev–Trinajstić information content (AvgIpc) is 2.91. The fourth-order valence-electron chi connectivity index (χ4n) is 2.16. The van der Waals surface area contributed by atoms with Crippen LogP contribution in [0.5, 0.6) is 5.75 Å². The number of ether oxygens (including phenoxy) is 2. The Morgan fingerprint density at radius 2 is 2.30 bits per heavy atom. The molecular formula is C13H18BrNO4S. The van der Waals surface area contributed by atoms with Crippen LogP contribution in [0.4, 0.5) is 0 Å². The molecule has 1 unspecified atom stereocenters. The number of hydrogen-bond donors (Lipinski definition) is 1. The quantitative estimate of drug-likeness (QED) is 0.841.